The quantitative estimate of drug-likeness (QED) is 0.0223. The minimum Gasteiger partial charge on any atom is -0.742 e. The van der Waals surface area contributed by atoms with Gasteiger partial charge in [-0.3, -0.25) is 9.59 Å². The molecule has 274 valence electrons. The molecular formula is C31H47F6O9S-. The number of carbonyl (C=O) groups is 2. The fraction of sp³-hybridized carbons (Fsp3) is 0.871. The molecule has 0 aromatic rings. The second kappa shape index (κ2) is 18.6. The van der Waals surface area contributed by atoms with E-state index >= 15 is 0 Å². The van der Waals surface area contributed by atoms with E-state index in [1.165, 1.54) is 0 Å². The summed E-state index contributed by atoms with van der Waals surface area (Å²) in [4.78, 5) is 33.5. The first kappa shape index (κ1) is 41.1. The number of hydrogen-bond donors (Lipinski definition) is 0. The highest BCUT2D eigenvalue weighted by atomic mass is 32.2. The minimum absolute atomic E-state index is 0.156. The third-order valence-corrected chi connectivity index (χ3v) is 10.1. The average molecular weight is 710 g/mol. The zero-order chi connectivity index (χ0) is 35.4. The summed E-state index contributed by atoms with van der Waals surface area (Å²) in [5, 5.41) is -2.86. The van der Waals surface area contributed by atoms with Crippen molar-refractivity contribution in [2.24, 2.45) is 35.5 Å². The number of unbranched alkanes of at least 4 members (excludes halogenated alkanes) is 11. The fourth-order valence-corrected chi connectivity index (χ4v) is 7.49. The molecule has 0 aliphatic heterocycles. The molecule has 0 aromatic carbocycles. The second-order valence-corrected chi connectivity index (χ2v) is 13.8. The van der Waals surface area contributed by atoms with Gasteiger partial charge in [-0.15, -0.1) is 0 Å². The Morgan fingerprint density at radius 2 is 1.06 bits per heavy atom. The molecule has 0 amide bonds. The van der Waals surface area contributed by atoms with Gasteiger partial charge in [0.25, 0.3) is 5.09 Å². The number of allylic oxidation sites excluding steroid dienone is 1. The summed E-state index contributed by atoms with van der Waals surface area (Å²) in [6.45, 7) is 6.18. The highest BCUT2D eigenvalue weighted by molar-refractivity contribution is 7.89. The molecule has 0 saturated heterocycles. The highest BCUT2D eigenvalue weighted by Crippen LogP contribution is 2.58. The van der Waals surface area contributed by atoms with E-state index in [0.717, 1.165) is 64.2 Å². The summed E-state index contributed by atoms with van der Waals surface area (Å²) < 4.78 is 120. The van der Waals surface area contributed by atoms with Gasteiger partial charge in [0.15, 0.2) is 15.7 Å². The van der Waals surface area contributed by atoms with E-state index in [1.54, 1.807) is 6.92 Å². The summed E-state index contributed by atoms with van der Waals surface area (Å²) in [6.07, 6.45) is -1.57. The Labute approximate surface area is 272 Å². The van der Waals surface area contributed by atoms with Crippen molar-refractivity contribution in [3.63, 3.8) is 0 Å². The molecule has 2 aliphatic carbocycles. The van der Waals surface area contributed by atoms with E-state index in [0.29, 0.717) is 31.3 Å². The fourth-order valence-electron chi connectivity index (χ4n) is 6.88. The molecule has 47 heavy (non-hydrogen) atoms. The van der Waals surface area contributed by atoms with Gasteiger partial charge in [0.2, 0.25) is 0 Å². The van der Waals surface area contributed by atoms with Crippen molar-refractivity contribution in [1.82, 2.24) is 0 Å². The van der Waals surface area contributed by atoms with E-state index in [9.17, 15) is 48.9 Å². The van der Waals surface area contributed by atoms with Crippen LogP contribution in [0.15, 0.2) is 10.7 Å². The average Bonchev–Trinajstić information content (AvgIpc) is 3.48. The second-order valence-electron chi connectivity index (χ2n) is 12.5. The Morgan fingerprint density at radius 3 is 1.45 bits per heavy atom. The topological polar surface area (TPSA) is 128 Å². The maximum Gasteiger partial charge on any atom is 0.425 e. The predicted octanol–water partition coefficient (Wildman–Crippen LogP) is 7.76. The van der Waals surface area contributed by atoms with Crippen LogP contribution in [-0.2, 0) is 39.0 Å². The molecule has 16 heteroatoms. The Morgan fingerprint density at radius 1 is 0.681 bits per heavy atom. The summed E-state index contributed by atoms with van der Waals surface area (Å²) in [5.74, 6) is -0.333. The summed E-state index contributed by atoms with van der Waals surface area (Å²) in [6, 6.07) is 0. The molecule has 0 N–H and O–H groups in total. The molecule has 0 radical (unpaired) electrons. The molecule has 2 bridgehead atoms. The number of rotatable bonds is 21. The highest BCUT2D eigenvalue weighted by Gasteiger charge is 2.61. The lowest BCUT2D eigenvalue weighted by molar-refractivity contribution is -0.263. The van der Waals surface area contributed by atoms with Crippen molar-refractivity contribution in [3.05, 3.63) is 10.7 Å². The first-order chi connectivity index (χ1) is 21.9. The number of alkyl halides is 6. The Balaban J connectivity index is 1.51. The summed E-state index contributed by atoms with van der Waals surface area (Å²) in [7, 11) is -6.26. The van der Waals surface area contributed by atoms with Gasteiger partial charge in [-0.05, 0) is 49.9 Å². The van der Waals surface area contributed by atoms with Gasteiger partial charge in [0.1, 0.15) is 0 Å². The van der Waals surface area contributed by atoms with Crippen molar-refractivity contribution < 1.29 is 68.2 Å². The van der Waals surface area contributed by atoms with Crippen LogP contribution in [0.25, 0.3) is 0 Å². The molecular weight excluding hydrogens is 662 g/mol. The van der Waals surface area contributed by atoms with E-state index in [2.05, 4.69) is 23.6 Å². The molecule has 2 rings (SSSR count). The molecule has 2 fully saturated rings. The molecule has 0 heterocycles. The molecule has 0 aromatic heterocycles. The van der Waals surface area contributed by atoms with Crippen LogP contribution in [0.4, 0.5) is 26.3 Å². The molecule has 2 saturated carbocycles. The Bertz CT molecular complexity index is 1120. The van der Waals surface area contributed by atoms with Crippen LogP contribution in [0.3, 0.4) is 0 Å². The van der Waals surface area contributed by atoms with Crippen LogP contribution >= 0.6 is 0 Å². The largest absolute Gasteiger partial charge is 0.742 e. The number of ether oxygens (including phenoxy) is 2. The first-order valence-corrected chi connectivity index (χ1v) is 17.8. The van der Waals surface area contributed by atoms with Crippen LogP contribution in [0.2, 0.25) is 0 Å². The van der Waals surface area contributed by atoms with Gasteiger partial charge >= 0.3 is 24.3 Å². The Hall–Kier alpha value is -2.07. The van der Waals surface area contributed by atoms with Gasteiger partial charge in [-0.25, -0.2) is 8.42 Å². The van der Waals surface area contributed by atoms with Crippen molar-refractivity contribution in [2.75, 3.05) is 19.8 Å². The van der Waals surface area contributed by atoms with E-state index in [-0.39, 0.29) is 36.8 Å². The lowest BCUT2D eigenvalue weighted by Crippen LogP contribution is -2.42. The van der Waals surface area contributed by atoms with E-state index in [1.807, 2.05) is 0 Å². The van der Waals surface area contributed by atoms with E-state index < -0.39 is 51.6 Å². The number of esters is 2. The van der Waals surface area contributed by atoms with Crippen LogP contribution in [0.5, 0.6) is 0 Å². The van der Waals surface area contributed by atoms with Crippen molar-refractivity contribution in [2.45, 2.75) is 117 Å². The first-order valence-electron chi connectivity index (χ1n) is 16.4. The van der Waals surface area contributed by atoms with E-state index in [4.69, 9.17) is 9.47 Å². The standard InChI is InChI=1S/C31H48F6O9S/c1-4-43-27(38)24-22-19-23(21(3)20(22)2)25(24)28(39)44-17-15-13-11-9-7-5-6-8-10-12-14-16-18-45-46-29(47(40,41)42)26(30(32,33)34)31(35,36)37/h20-25H,4-19H2,1-3H3,(H,40,41,42)/p-1. The minimum atomic E-state index is -6.26. The van der Waals surface area contributed by atoms with Crippen molar-refractivity contribution >= 4 is 22.1 Å². The van der Waals surface area contributed by atoms with Crippen molar-refractivity contribution in [3.8, 4) is 0 Å². The van der Waals surface area contributed by atoms with Crippen LogP contribution in [0.1, 0.15) is 104 Å². The molecule has 6 atom stereocenters. The number of carbonyl (C=O) groups excluding carboxylic acids is 2. The molecule has 6 unspecified atom stereocenters. The van der Waals surface area contributed by atoms with Crippen molar-refractivity contribution in [1.29, 1.82) is 0 Å². The SMILES string of the molecule is CCOC(=O)C1C2CC(C(C)C2C)C1C(=O)OCCCCCCCCCCCCCCOOC(=C(C(F)(F)F)C(F)(F)F)S(=O)(=O)[O-]. The van der Waals surface area contributed by atoms with Gasteiger partial charge in [-0.1, -0.05) is 78.1 Å². The van der Waals surface area contributed by atoms with Crippen LogP contribution < -0.4 is 0 Å². The lowest BCUT2D eigenvalue weighted by atomic mass is 9.69. The third-order valence-electron chi connectivity index (χ3n) is 9.36. The maximum atomic E-state index is 13.0. The van der Waals surface area contributed by atoms with Gasteiger partial charge in [0, 0.05) is 0 Å². The van der Waals surface area contributed by atoms with Gasteiger partial charge in [0.05, 0.1) is 31.7 Å². The number of fused-ring (bicyclic) bond motifs is 2. The summed E-state index contributed by atoms with van der Waals surface area (Å²) in [5.41, 5.74) is -3.58. The lowest BCUT2D eigenvalue weighted by Gasteiger charge is -2.35. The summed E-state index contributed by atoms with van der Waals surface area (Å²) >= 11 is 0. The normalized spacial score (nSPS) is 24.3. The Kier molecular flexibility index (Phi) is 16.3. The molecule has 0 spiro atoms. The number of hydrogen-bond acceptors (Lipinski definition) is 9. The molecule has 9 nitrogen and oxygen atoms in total. The molecule has 2 aliphatic rings. The van der Waals surface area contributed by atoms with Crippen LogP contribution in [0, 0.1) is 35.5 Å². The monoisotopic (exact) mass is 709 g/mol. The van der Waals surface area contributed by atoms with Crippen LogP contribution in [-0.4, -0.2) is 57.1 Å². The number of halogens is 6. The van der Waals surface area contributed by atoms with Gasteiger partial charge < -0.3 is 18.9 Å². The predicted molar refractivity (Wildman–Crippen MR) is 156 cm³/mol. The van der Waals surface area contributed by atoms with Gasteiger partial charge in [-0.2, -0.15) is 31.2 Å². The zero-order valence-electron chi connectivity index (χ0n) is 27.1. The third kappa shape index (κ3) is 12.4. The smallest absolute Gasteiger partial charge is 0.425 e. The maximum absolute atomic E-state index is 13.0. The zero-order valence-corrected chi connectivity index (χ0v) is 27.9.